The van der Waals surface area contributed by atoms with Crippen molar-refractivity contribution >= 4 is 50.1 Å². The molecule has 1 fully saturated rings. The molecule has 5 aromatic rings. The number of anilines is 2. The molecule has 0 bridgehead atoms. The molecule has 39 heavy (non-hydrogen) atoms. The fourth-order valence-electron chi connectivity index (χ4n) is 4.51. The summed E-state index contributed by atoms with van der Waals surface area (Å²) in [7, 11) is 3.35. The number of hydrogen-bond donors (Lipinski definition) is 2. The molecule has 0 unspecified atom stereocenters. The van der Waals surface area contributed by atoms with Gasteiger partial charge in [0.1, 0.15) is 23.1 Å². The Labute approximate surface area is 229 Å². The molecule has 0 radical (unpaired) electrons. The van der Waals surface area contributed by atoms with Gasteiger partial charge < -0.3 is 15.0 Å². The minimum atomic E-state index is -0.335. The van der Waals surface area contributed by atoms with Crippen LogP contribution in [0.5, 0.6) is 0 Å². The highest BCUT2D eigenvalue weighted by Crippen LogP contribution is 2.30. The van der Waals surface area contributed by atoms with Crippen molar-refractivity contribution in [2.45, 2.75) is 25.1 Å². The van der Waals surface area contributed by atoms with E-state index in [0.717, 1.165) is 44.0 Å². The van der Waals surface area contributed by atoms with Crippen molar-refractivity contribution in [3.05, 3.63) is 77.6 Å². The Morgan fingerprint density at radius 3 is 2.92 bits per heavy atom. The standard InChI is InChI=1S/C29H27N7O2S/c1-35(2)29(37)38-23-13-21(30-16-23)8-10-24-14-25-27(31-18-32-28(25)39-24)34-22-9-11-26-20(12-22)15-33-36(26)17-19-6-4-3-5-7-19/h3-7,9,11-12,14-15,18,21,23,30H,13,16-17H2,1-2H3,(H,31,32,34)/t21-,23-/m0/s1. The Hall–Kier alpha value is -4.46. The smallest absolute Gasteiger partial charge is 0.409 e. The maximum Gasteiger partial charge on any atom is 0.409 e. The van der Waals surface area contributed by atoms with Crippen molar-refractivity contribution < 1.29 is 9.53 Å². The zero-order valence-corrected chi connectivity index (χ0v) is 22.4. The van der Waals surface area contributed by atoms with Crippen molar-refractivity contribution in [3.63, 3.8) is 0 Å². The van der Waals surface area contributed by atoms with Gasteiger partial charge in [0.05, 0.1) is 34.6 Å². The van der Waals surface area contributed by atoms with Crippen LogP contribution in [0.15, 0.2) is 67.1 Å². The molecule has 1 amide bonds. The number of carbonyl (C=O) groups excluding carboxylic acids is 1. The Balaban J connectivity index is 1.16. The first-order chi connectivity index (χ1) is 19.0. The third-order valence-electron chi connectivity index (χ3n) is 6.50. The summed E-state index contributed by atoms with van der Waals surface area (Å²) in [5.74, 6) is 7.26. The van der Waals surface area contributed by atoms with Crippen LogP contribution in [0.1, 0.15) is 16.9 Å². The number of carbonyl (C=O) groups is 1. The molecule has 0 saturated carbocycles. The molecule has 2 atom stereocenters. The normalized spacial score (nSPS) is 16.7. The summed E-state index contributed by atoms with van der Waals surface area (Å²) in [6.07, 6.45) is 3.61. The molecular formula is C29H27N7O2S. The van der Waals surface area contributed by atoms with Crippen molar-refractivity contribution in [1.29, 1.82) is 0 Å². The number of aromatic nitrogens is 4. The van der Waals surface area contributed by atoms with E-state index in [1.54, 1.807) is 20.4 Å². The first kappa shape index (κ1) is 24.9. The topological polar surface area (TPSA) is 97.2 Å². The number of nitrogens with one attached hydrogen (secondary N) is 2. The minimum Gasteiger partial charge on any atom is -0.445 e. The molecule has 0 spiro atoms. The lowest BCUT2D eigenvalue weighted by Gasteiger charge is -2.15. The van der Waals surface area contributed by atoms with Crippen molar-refractivity contribution in [2.24, 2.45) is 0 Å². The molecular weight excluding hydrogens is 510 g/mol. The van der Waals surface area contributed by atoms with E-state index in [-0.39, 0.29) is 18.2 Å². The van der Waals surface area contributed by atoms with Gasteiger partial charge >= 0.3 is 6.09 Å². The van der Waals surface area contributed by atoms with Gasteiger partial charge in [-0.3, -0.25) is 10.00 Å². The second-order valence-corrected chi connectivity index (χ2v) is 10.6. The van der Waals surface area contributed by atoms with Gasteiger partial charge in [-0.1, -0.05) is 42.2 Å². The van der Waals surface area contributed by atoms with Crippen LogP contribution in [0.3, 0.4) is 0 Å². The Morgan fingerprint density at radius 1 is 1.21 bits per heavy atom. The van der Waals surface area contributed by atoms with E-state index in [4.69, 9.17) is 4.74 Å². The van der Waals surface area contributed by atoms with Crippen molar-refractivity contribution in [1.82, 2.24) is 30.0 Å². The van der Waals surface area contributed by atoms with E-state index >= 15 is 0 Å². The van der Waals surface area contributed by atoms with Gasteiger partial charge in [0.2, 0.25) is 0 Å². The Morgan fingerprint density at radius 2 is 2.08 bits per heavy atom. The van der Waals surface area contributed by atoms with Gasteiger partial charge in [-0.25, -0.2) is 14.8 Å². The van der Waals surface area contributed by atoms with E-state index in [9.17, 15) is 4.79 Å². The second-order valence-electron chi connectivity index (χ2n) is 9.60. The zero-order valence-electron chi connectivity index (χ0n) is 21.6. The van der Waals surface area contributed by atoms with Crippen molar-refractivity contribution in [2.75, 3.05) is 26.0 Å². The lowest BCUT2D eigenvalue weighted by atomic mass is 10.2. The van der Waals surface area contributed by atoms with Crippen LogP contribution < -0.4 is 10.6 Å². The average Bonchev–Trinajstić information content (AvgIpc) is 3.67. The predicted octanol–water partition coefficient (Wildman–Crippen LogP) is 4.61. The van der Waals surface area contributed by atoms with Gasteiger partial charge in [-0.2, -0.15) is 5.10 Å². The molecule has 6 rings (SSSR count). The molecule has 196 valence electrons. The molecule has 2 aromatic carbocycles. The fraction of sp³-hybridized carbons (Fsp3) is 0.241. The van der Waals surface area contributed by atoms with E-state index in [0.29, 0.717) is 13.0 Å². The molecule has 10 heteroatoms. The van der Waals surface area contributed by atoms with Gasteiger partial charge in [-0.15, -0.1) is 11.3 Å². The number of nitrogens with zero attached hydrogens (tertiary/aromatic N) is 5. The Bertz CT molecular complexity index is 1700. The van der Waals surface area contributed by atoms with Crippen LogP contribution in [0.2, 0.25) is 0 Å². The van der Waals surface area contributed by atoms with Gasteiger partial charge in [0.15, 0.2) is 0 Å². The molecule has 0 aliphatic carbocycles. The quantitative estimate of drug-likeness (QED) is 0.316. The van der Waals surface area contributed by atoms with Gasteiger partial charge in [0, 0.05) is 38.1 Å². The highest BCUT2D eigenvalue weighted by molar-refractivity contribution is 7.19. The number of thiophene rings is 1. The first-order valence-corrected chi connectivity index (χ1v) is 13.5. The lowest BCUT2D eigenvalue weighted by molar-refractivity contribution is 0.0826. The van der Waals surface area contributed by atoms with Crippen LogP contribution >= 0.6 is 11.3 Å². The second kappa shape index (κ2) is 10.7. The third-order valence-corrected chi connectivity index (χ3v) is 7.46. The predicted molar refractivity (Wildman–Crippen MR) is 153 cm³/mol. The van der Waals surface area contributed by atoms with Crippen molar-refractivity contribution in [3.8, 4) is 11.8 Å². The number of hydrogen-bond acceptors (Lipinski definition) is 8. The van der Waals surface area contributed by atoms with Crippen LogP contribution in [-0.2, 0) is 11.3 Å². The summed E-state index contributed by atoms with van der Waals surface area (Å²) in [4.78, 5) is 23.9. The monoisotopic (exact) mass is 537 g/mol. The summed E-state index contributed by atoms with van der Waals surface area (Å²) in [5, 5.41) is 13.3. The molecule has 3 aromatic heterocycles. The number of rotatable bonds is 5. The molecule has 2 N–H and O–H groups in total. The average molecular weight is 538 g/mol. The lowest BCUT2D eigenvalue weighted by Crippen LogP contribution is -2.29. The summed E-state index contributed by atoms with van der Waals surface area (Å²) in [6, 6.07) is 18.5. The first-order valence-electron chi connectivity index (χ1n) is 12.7. The number of amides is 1. The molecule has 1 aliphatic heterocycles. The summed E-state index contributed by atoms with van der Waals surface area (Å²) >= 11 is 1.53. The molecule has 4 heterocycles. The highest BCUT2D eigenvalue weighted by Gasteiger charge is 2.26. The van der Waals surface area contributed by atoms with E-state index in [1.807, 2.05) is 41.2 Å². The van der Waals surface area contributed by atoms with E-state index < -0.39 is 0 Å². The minimum absolute atomic E-state index is 0.0339. The van der Waals surface area contributed by atoms with Gasteiger partial charge in [-0.05, 0) is 29.8 Å². The van der Waals surface area contributed by atoms with Crippen LogP contribution in [-0.4, -0.2) is 63.5 Å². The number of fused-ring (bicyclic) bond motifs is 2. The molecule has 1 aliphatic rings. The maximum atomic E-state index is 11.8. The summed E-state index contributed by atoms with van der Waals surface area (Å²) in [5.41, 5.74) is 3.21. The highest BCUT2D eigenvalue weighted by atomic mass is 32.1. The summed E-state index contributed by atoms with van der Waals surface area (Å²) < 4.78 is 7.47. The fourth-order valence-corrected chi connectivity index (χ4v) is 5.37. The number of ether oxygens (including phenoxy) is 1. The van der Waals surface area contributed by atoms with Crippen LogP contribution in [0, 0.1) is 11.8 Å². The van der Waals surface area contributed by atoms with Gasteiger partial charge in [0.25, 0.3) is 0 Å². The Kier molecular flexibility index (Phi) is 6.84. The summed E-state index contributed by atoms with van der Waals surface area (Å²) in [6.45, 7) is 1.32. The van der Waals surface area contributed by atoms with Crippen LogP contribution in [0.25, 0.3) is 21.1 Å². The molecule has 1 saturated heterocycles. The largest absolute Gasteiger partial charge is 0.445 e. The molecule has 9 nitrogen and oxygen atoms in total. The number of benzene rings is 2. The zero-order chi connectivity index (χ0) is 26.8. The van der Waals surface area contributed by atoms with E-state index in [2.05, 4.69) is 61.8 Å². The van der Waals surface area contributed by atoms with E-state index in [1.165, 1.54) is 21.8 Å². The van der Waals surface area contributed by atoms with Crippen LogP contribution in [0.4, 0.5) is 16.3 Å². The third kappa shape index (κ3) is 5.55. The maximum absolute atomic E-state index is 11.8. The SMILES string of the molecule is CN(C)C(=O)O[C@@H]1CN[C@@H](C#Cc2cc3c(Nc4ccc5c(cnn5Cc5ccccc5)c4)ncnc3s2)C1.